The lowest BCUT2D eigenvalue weighted by Gasteiger charge is -2.11. The summed E-state index contributed by atoms with van der Waals surface area (Å²) in [5.41, 5.74) is 5.59. The summed E-state index contributed by atoms with van der Waals surface area (Å²) >= 11 is 0. The highest BCUT2D eigenvalue weighted by atomic mass is 32.2. The van der Waals surface area contributed by atoms with E-state index in [4.69, 9.17) is 0 Å². The molecule has 27 heavy (non-hydrogen) atoms. The fraction of sp³-hybridized carbons (Fsp3) is 0.0435. The van der Waals surface area contributed by atoms with Gasteiger partial charge in [-0.3, -0.25) is 4.72 Å². The minimum Gasteiger partial charge on any atom is -0.279 e. The molecule has 2 aliphatic rings. The van der Waals surface area contributed by atoms with Gasteiger partial charge in [0, 0.05) is 5.56 Å². The highest BCUT2D eigenvalue weighted by molar-refractivity contribution is 7.92. The van der Waals surface area contributed by atoms with Crippen LogP contribution in [0, 0.1) is 6.92 Å². The predicted octanol–water partition coefficient (Wildman–Crippen LogP) is 5.57. The molecule has 0 aliphatic heterocycles. The molecule has 2 aromatic rings. The minimum atomic E-state index is -3.67. The molecule has 134 valence electrons. The Kier molecular flexibility index (Phi) is 4.42. The summed E-state index contributed by atoms with van der Waals surface area (Å²) in [6, 6.07) is 28.3. The summed E-state index contributed by atoms with van der Waals surface area (Å²) in [5.74, 6) is 0. The van der Waals surface area contributed by atoms with Crippen molar-refractivity contribution in [2.75, 3.05) is 4.72 Å². The number of hydrogen-bond donors (Lipinski definition) is 1. The van der Waals surface area contributed by atoms with Gasteiger partial charge < -0.3 is 0 Å². The van der Waals surface area contributed by atoms with Crippen LogP contribution in [-0.4, -0.2) is 8.42 Å². The van der Waals surface area contributed by atoms with Crippen molar-refractivity contribution in [3.8, 4) is 22.3 Å². The van der Waals surface area contributed by atoms with Gasteiger partial charge in [-0.25, -0.2) is 8.42 Å². The molecule has 2 aromatic carbocycles. The maximum Gasteiger partial charge on any atom is 0.261 e. The summed E-state index contributed by atoms with van der Waals surface area (Å²) in [5, 5.41) is 0. The number of sulfonamides is 1. The van der Waals surface area contributed by atoms with Gasteiger partial charge in [0.2, 0.25) is 0 Å². The molecule has 4 heteroatoms. The minimum absolute atomic E-state index is 0.246. The number of fused-ring (bicyclic) bond motifs is 1. The molecule has 1 N–H and O–H groups in total. The lowest BCUT2D eigenvalue weighted by molar-refractivity contribution is 0.601. The van der Waals surface area contributed by atoms with Crippen molar-refractivity contribution >= 4 is 15.7 Å². The lowest BCUT2D eigenvalue weighted by Crippen LogP contribution is -2.12. The molecular weight excluding hydrogens is 354 g/mol. The first-order valence-electron chi connectivity index (χ1n) is 8.71. The standard InChI is InChI=1S/C23H19NO2S/c1-17-9-8-11-19(15-17)23-21-14-7-2-4-10-18(21)16-22(23)24-27(25,26)20-12-5-3-6-13-20/h2-16,24H,1H3. The van der Waals surface area contributed by atoms with Gasteiger partial charge in [0.15, 0.2) is 0 Å². The van der Waals surface area contributed by atoms with Gasteiger partial charge >= 0.3 is 0 Å². The summed E-state index contributed by atoms with van der Waals surface area (Å²) in [4.78, 5) is 0.246. The third kappa shape index (κ3) is 3.44. The van der Waals surface area contributed by atoms with E-state index >= 15 is 0 Å². The summed E-state index contributed by atoms with van der Waals surface area (Å²) in [6.45, 7) is 2.03. The Hall–Kier alpha value is -3.11. The molecule has 0 saturated carbocycles. The van der Waals surface area contributed by atoms with Gasteiger partial charge in [-0.1, -0.05) is 78.4 Å². The molecule has 0 aromatic heterocycles. The zero-order chi connectivity index (χ0) is 18.9. The van der Waals surface area contributed by atoms with Gasteiger partial charge in [-0.2, -0.15) is 0 Å². The van der Waals surface area contributed by atoms with Gasteiger partial charge in [-0.15, -0.1) is 0 Å². The Morgan fingerprint density at radius 1 is 0.704 bits per heavy atom. The highest BCUT2D eigenvalue weighted by Crippen LogP contribution is 2.43. The average molecular weight is 373 g/mol. The number of benzene rings is 2. The summed E-state index contributed by atoms with van der Waals surface area (Å²) in [7, 11) is -3.67. The van der Waals surface area contributed by atoms with Crippen LogP contribution in [0.15, 0.2) is 95.9 Å². The molecule has 0 bridgehead atoms. The van der Waals surface area contributed by atoms with Crippen molar-refractivity contribution in [2.24, 2.45) is 0 Å². The van der Waals surface area contributed by atoms with Gasteiger partial charge in [0.1, 0.15) is 0 Å². The fourth-order valence-electron chi connectivity index (χ4n) is 3.28. The molecular formula is C23H19NO2S. The van der Waals surface area contributed by atoms with Crippen LogP contribution < -0.4 is 4.72 Å². The van der Waals surface area contributed by atoms with E-state index in [9.17, 15) is 8.42 Å². The first kappa shape index (κ1) is 17.3. The molecule has 0 saturated heterocycles. The van der Waals surface area contributed by atoms with Gasteiger partial charge in [0.05, 0.1) is 10.6 Å². The number of nitrogens with one attached hydrogen (secondary N) is 1. The van der Waals surface area contributed by atoms with E-state index in [1.54, 1.807) is 30.3 Å². The highest BCUT2D eigenvalue weighted by Gasteiger charge is 2.21. The molecule has 4 rings (SSSR count). The first-order valence-corrected chi connectivity index (χ1v) is 10.2. The first-order chi connectivity index (χ1) is 13.0. The molecule has 0 heterocycles. The summed E-state index contributed by atoms with van der Waals surface area (Å²) < 4.78 is 28.6. The number of rotatable bonds is 4. The van der Waals surface area contributed by atoms with Crippen LogP contribution in [0.1, 0.15) is 5.56 Å². The van der Waals surface area contributed by atoms with Gasteiger partial charge in [-0.05, 0) is 41.8 Å². The van der Waals surface area contributed by atoms with Gasteiger partial charge in [0.25, 0.3) is 10.0 Å². The lowest BCUT2D eigenvalue weighted by atomic mass is 10.0. The van der Waals surface area contributed by atoms with Crippen molar-refractivity contribution in [3.63, 3.8) is 0 Å². The topological polar surface area (TPSA) is 46.2 Å². The van der Waals surface area contributed by atoms with Crippen LogP contribution in [0.3, 0.4) is 0 Å². The average Bonchev–Trinajstić information content (AvgIpc) is 2.82. The summed E-state index contributed by atoms with van der Waals surface area (Å²) in [6.07, 6.45) is 0. The molecule has 0 fully saturated rings. The van der Waals surface area contributed by atoms with E-state index in [-0.39, 0.29) is 4.90 Å². The van der Waals surface area contributed by atoms with Crippen molar-refractivity contribution < 1.29 is 8.42 Å². The van der Waals surface area contributed by atoms with E-state index in [0.29, 0.717) is 5.69 Å². The maximum atomic E-state index is 12.9. The second kappa shape index (κ2) is 6.89. The molecule has 0 unspecified atom stereocenters. The number of anilines is 1. The van der Waals surface area contributed by atoms with Crippen LogP contribution in [-0.2, 0) is 10.0 Å². The largest absolute Gasteiger partial charge is 0.279 e. The zero-order valence-corrected chi connectivity index (χ0v) is 15.7. The van der Waals surface area contributed by atoms with Crippen molar-refractivity contribution in [2.45, 2.75) is 11.8 Å². The Morgan fingerprint density at radius 3 is 2.11 bits per heavy atom. The van der Waals surface area contributed by atoms with Crippen LogP contribution in [0.5, 0.6) is 0 Å². The third-order valence-electron chi connectivity index (χ3n) is 4.51. The van der Waals surface area contributed by atoms with E-state index in [1.165, 1.54) is 0 Å². The SMILES string of the molecule is Cc1cccc(-c2c(NS(=O)(=O)c3ccccc3)cc3cccccc2-3)c1. The molecule has 0 atom stereocenters. The van der Waals surface area contributed by atoms with Crippen molar-refractivity contribution in [1.82, 2.24) is 0 Å². The van der Waals surface area contributed by atoms with E-state index < -0.39 is 10.0 Å². The van der Waals surface area contributed by atoms with Crippen LogP contribution in [0.25, 0.3) is 22.3 Å². The second-order valence-electron chi connectivity index (χ2n) is 6.50. The maximum absolute atomic E-state index is 12.9. The number of hydrogen-bond acceptors (Lipinski definition) is 2. The Morgan fingerprint density at radius 2 is 1.37 bits per heavy atom. The van der Waals surface area contributed by atoms with Crippen LogP contribution in [0.4, 0.5) is 5.69 Å². The van der Waals surface area contributed by atoms with Crippen LogP contribution in [0.2, 0.25) is 0 Å². The molecule has 0 radical (unpaired) electrons. The van der Waals surface area contributed by atoms with Crippen molar-refractivity contribution in [3.05, 3.63) is 96.6 Å². The van der Waals surface area contributed by atoms with E-state index in [1.807, 2.05) is 61.5 Å². The molecule has 0 spiro atoms. The van der Waals surface area contributed by atoms with Crippen molar-refractivity contribution in [1.29, 1.82) is 0 Å². The molecule has 2 aliphatic carbocycles. The van der Waals surface area contributed by atoms with E-state index in [2.05, 4.69) is 10.8 Å². The fourth-order valence-corrected chi connectivity index (χ4v) is 4.37. The Bertz CT molecular complexity index is 1170. The predicted molar refractivity (Wildman–Crippen MR) is 110 cm³/mol. The van der Waals surface area contributed by atoms with Crippen LogP contribution >= 0.6 is 0 Å². The Labute approximate surface area is 159 Å². The van der Waals surface area contributed by atoms with E-state index in [0.717, 1.165) is 27.8 Å². The molecule has 3 nitrogen and oxygen atoms in total. The normalized spacial score (nSPS) is 11.4. The third-order valence-corrected chi connectivity index (χ3v) is 5.90. The quantitative estimate of drug-likeness (QED) is 0.508. The zero-order valence-electron chi connectivity index (χ0n) is 14.9. The monoisotopic (exact) mass is 373 g/mol. The smallest absolute Gasteiger partial charge is 0.261 e. The Balaban J connectivity index is 1.90. The number of aryl methyl sites for hydroxylation is 1. The second-order valence-corrected chi connectivity index (χ2v) is 8.18. The molecule has 0 amide bonds.